The smallest absolute Gasteiger partial charge is 0.332 e. The summed E-state index contributed by atoms with van der Waals surface area (Å²) in [6.45, 7) is 9.08. The van der Waals surface area contributed by atoms with Crippen molar-refractivity contribution in [2.75, 3.05) is 13.7 Å². The van der Waals surface area contributed by atoms with E-state index in [0.29, 0.717) is 0 Å². The van der Waals surface area contributed by atoms with Crippen molar-refractivity contribution in [3.05, 3.63) is 192 Å². The lowest BCUT2D eigenvalue weighted by atomic mass is 9.95. The van der Waals surface area contributed by atoms with Crippen LogP contribution in [-0.2, 0) is 0 Å². The van der Waals surface area contributed by atoms with Gasteiger partial charge in [-0.3, -0.25) is 0 Å². The molecule has 2 heterocycles. The molecule has 52 heavy (non-hydrogen) atoms. The Labute approximate surface area is 309 Å². The first-order valence-corrected chi connectivity index (χ1v) is 20.4. The second-order valence-corrected chi connectivity index (χ2v) is 17.7. The lowest BCUT2D eigenvalue weighted by Crippen LogP contribution is -2.76. The molecule has 9 rings (SSSR count). The van der Waals surface area contributed by atoms with Crippen LogP contribution in [0.1, 0.15) is 41.1 Å². The first-order valence-electron chi connectivity index (χ1n) is 18.5. The Morgan fingerprint density at radius 3 is 1.13 bits per heavy atom. The minimum Gasteiger partial charge on any atom is -0.332 e. The molecule has 254 valence electrons. The van der Waals surface area contributed by atoms with E-state index >= 15 is 0 Å². The van der Waals surface area contributed by atoms with Gasteiger partial charge in [0.25, 0.3) is 0 Å². The molecule has 4 heteroatoms. The van der Waals surface area contributed by atoms with Crippen LogP contribution < -0.4 is 13.7 Å². The van der Waals surface area contributed by atoms with E-state index in [-0.39, 0.29) is 5.54 Å². The van der Waals surface area contributed by atoms with Crippen molar-refractivity contribution < 1.29 is 0 Å². The van der Waals surface area contributed by atoms with Crippen LogP contribution in [0.5, 0.6) is 0 Å². The van der Waals surface area contributed by atoms with Crippen LogP contribution in [0.15, 0.2) is 170 Å². The molecule has 3 nitrogen and oxygen atoms in total. The monoisotopic (exact) mass is 689 g/mol. The SMILES string of the molecule is CCC1c2ccccc2-c2ccccc2N(c2cccc(C)c2)[Si]12N(c1cccc(C)c1)c1ccccc1-c1ccccc1N2c1cccc(C)c1. The van der Waals surface area contributed by atoms with E-state index < -0.39 is 8.56 Å². The second-order valence-electron chi connectivity index (χ2n) is 14.3. The molecule has 2 aliphatic heterocycles. The summed E-state index contributed by atoms with van der Waals surface area (Å²) in [6.07, 6.45) is 0.939. The lowest BCUT2D eigenvalue weighted by molar-refractivity contribution is 0.816. The Morgan fingerprint density at radius 1 is 0.404 bits per heavy atom. The molecule has 0 aromatic heterocycles. The van der Waals surface area contributed by atoms with E-state index in [9.17, 15) is 0 Å². The second kappa shape index (κ2) is 12.7. The van der Waals surface area contributed by atoms with Gasteiger partial charge in [0.15, 0.2) is 0 Å². The minimum atomic E-state index is -3.48. The molecule has 7 aromatic carbocycles. The molecule has 2 aliphatic rings. The molecule has 1 spiro atoms. The molecule has 0 N–H and O–H groups in total. The van der Waals surface area contributed by atoms with Crippen molar-refractivity contribution in [2.45, 2.75) is 39.7 Å². The molecule has 1 unspecified atom stereocenters. The number of rotatable bonds is 4. The number of para-hydroxylation sites is 3. The molecule has 0 fully saturated rings. The third kappa shape index (κ3) is 4.85. The fourth-order valence-corrected chi connectivity index (χ4v) is 15.0. The predicted octanol–water partition coefficient (Wildman–Crippen LogP) is 13.1. The summed E-state index contributed by atoms with van der Waals surface area (Å²) in [7, 11) is -3.48. The number of hydrogen-bond donors (Lipinski definition) is 0. The van der Waals surface area contributed by atoms with E-state index in [0.717, 1.165) is 6.42 Å². The fraction of sp³-hybridized carbons (Fsp3) is 0.125. The van der Waals surface area contributed by atoms with Gasteiger partial charge in [0, 0.05) is 56.4 Å². The van der Waals surface area contributed by atoms with E-state index in [2.05, 4.69) is 211 Å². The number of anilines is 6. The van der Waals surface area contributed by atoms with Gasteiger partial charge in [0.05, 0.1) is 0 Å². The predicted molar refractivity (Wildman–Crippen MR) is 222 cm³/mol. The molecule has 0 radical (unpaired) electrons. The van der Waals surface area contributed by atoms with Gasteiger partial charge in [0.2, 0.25) is 0 Å². The Kier molecular flexibility index (Phi) is 7.86. The summed E-state index contributed by atoms with van der Waals surface area (Å²) >= 11 is 0. The van der Waals surface area contributed by atoms with Gasteiger partial charge in [0.1, 0.15) is 0 Å². The minimum absolute atomic E-state index is 0.108. The van der Waals surface area contributed by atoms with Crippen LogP contribution >= 0.6 is 0 Å². The average molecular weight is 690 g/mol. The maximum atomic E-state index is 2.83. The molecule has 0 amide bonds. The standard InChI is InChI=1S/C48H43N3Si/c1-5-48-44-27-7-6-23-40(44)41-24-8-11-28-45(41)49(37-20-14-17-34(2)31-37)52(48)50(38-21-15-18-35(3)32-38)46-29-12-9-25-42(46)43-26-10-13-30-47(43)51(52)39-22-16-19-36(4)33-39/h6-33,48H,5H2,1-4H3. The zero-order chi connectivity index (χ0) is 35.4. The quantitative estimate of drug-likeness (QED) is 0.170. The third-order valence-corrected chi connectivity index (χ3v) is 16.1. The van der Waals surface area contributed by atoms with E-state index in [4.69, 9.17) is 0 Å². The highest BCUT2D eigenvalue weighted by Crippen LogP contribution is 2.60. The lowest BCUT2D eigenvalue weighted by Gasteiger charge is -2.57. The van der Waals surface area contributed by atoms with Gasteiger partial charge < -0.3 is 13.7 Å². The Balaban J connectivity index is 1.59. The number of benzene rings is 7. The molecule has 7 aromatic rings. The van der Waals surface area contributed by atoms with Crippen LogP contribution in [-0.4, -0.2) is 8.56 Å². The van der Waals surface area contributed by atoms with Crippen molar-refractivity contribution in [3.8, 4) is 22.3 Å². The first kappa shape index (κ1) is 32.1. The van der Waals surface area contributed by atoms with Crippen LogP contribution in [0.3, 0.4) is 0 Å². The maximum Gasteiger partial charge on any atom is 0.401 e. The van der Waals surface area contributed by atoms with Crippen molar-refractivity contribution in [2.24, 2.45) is 0 Å². The summed E-state index contributed by atoms with van der Waals surface area (Å²) in [6, 6.07) is 64.2. The molecule has 0 saturated carbocycles. The topological polar surface area (TPSA) is 9.72 Å². The molecule has 0 saturated heterocycles. The Hall–Kier alpha value is -5.84. The normalized spacial score (nSPS) is 15.6. The Morgan fingerprint density at radius 2 is 0.750 bits per heavy atom. The van der Waals surface area contributed by atoms with E-state index in [1.807, 2.05) is 0 Å². The van der Waals surface area contributed by atoms with Crippen molar-refractivity contribution in [3.63, 3.8) is 0 Å². The van der Waals surface area contributed by atoms with Crippen LogP contribution in [0.2, 0.25) is 0 Å². The van der Waals surface area contributed by atoms with Crippen molar-refractivity contribution in [1.29, 1.82) is 0 Å². The van der Waals surface area contributed by atoms with Gasteiger partial charge in [-0.25, -0.2) is 0 Å². The van der Waals surface area contributed by atoms with Crippen molar-refractivity contribution in [1.82, 2.24) is 0 Å². The molecule has 0 aliphatic carbocycles. The maximum absolute atomic E-state index is 3.48. The Bertz CT molecular complexity index is 2270. The molecule has 0 bridgehead atoms. The van der Waals surface area contributed by atoms with E-state index in [1.54, 1.807) is 0 Å². The van der Waals surface area contributed by atoms with E-state index in [1.165, 1.54) is 78.6 Å². The largest absolute Gasteiger partial charge is 0.401 e. The summed E-state index contributed by atoms with van der Waals surface area (Å²) in [5.41, 5.74) is 17.6. The zero-order valence-corrected chi connectivity index (χ0v) is 31.3. The van der Waals surface area contributed by atoms with Gasteiger partial charge in [-0.15, -0.1) is 0 Å². The van der Waals surface area contributed by atoms with Gasteiger partial charge in [-0.1, -0.05) is 122 Å². The highest BCUT2D eigenvalue weighted by Gasteiger charge is 2.63. The van der Waals surface area contributed by atoms with Gasteiger partial charge >= 0.3 is 8.56 Å². The number of hydrogen-bond acceptors (Lipinski definition) is 3. The van der Waals surface area contributed by atoms with Gasteiger partial charge in [-0.05, 0) is 110 Å². The number of fused-ring (bicyclic) bond motifs is 6. The van der Waals surface area contributed by atoms with Crippen LogP contribution in [0.4, 0.5) is 34.1 Å². The first-order chi connectivity index (χ1) is 25.5. The summed E-state index contributed by atoms with van der Waals surface area (Å²) in [4.78, 5) is 0. The fourth-order valence-electron chi connectivity index (χ4n) is 9.03. The van der Waals surface area contributed by atoms with Crippen LogP contribution in [0.25, 0.3) is 22.3 Å². The highest BCUT2D eigenvalue weighted by atomic mass is 28.4. The average Bonchev–Trinajstić information content (AvgIpc) is 3.34. The third-order valence-electron chi connectivity index (χ3n) is 11.0. The number of aryl methyl sites for hydroxylation is 3. The molecular formula is C48H43N3Si. The summed E-state index contributed by atoms with van der Waals surface area (Å²) < 4.78 is 8.48. The summed E-state index contributed by atoms with van der Waals surface area (Å²) in [5, 5.41) is 0. The zero-order valence-electron chi connectivity index (χ0n) is 30.3. The van der Waals surface area contributed by atoms with Crippen LogP contribution in [0, 0.1) is 20.8 Å². The number of nitrogens with zero attached hydrogens (tertiary/aromatic N) is 3. The summed E-state index contributed by atoms with van der Waals surface area (Å²) in [5.74, 6) is 0. The van der Waals surface area contributed by atoms with Crippen molar-refractivity contribution >= 4 is 42.7 Å². The molecular weight excluding hydrogens is 647 g/mol. The van der Waals surface area contributed by atoms with Gasteiger partial charge in [-0.2, -0.15) is 0 Å². The highest BCUT2D eigenvalue weighted by molar-refractivity contribution is 6.94. The molecule has 1 atom stereocenters.